The van der Waals surface area contributed by atoms with Crippen molar-refractivity contribution < 1.29 is 9.47 Å². The Kier molecular flexibility index (Phi) is 4.75. The second-order valence-corrected chi connectivity index (χ2v) is 6.74. The summed E-state index contributed by atoms with van der Waals surface area (Å²) in [5.74, 6) is -0.396. The molecule has 2 rings (SSSR count). The summed E-state index contributed by atoms with van der Waals surface area (Å²) in [5, 5.41) is 4.53. The van der Waals surface area contributed by atoms with Crippen molar-refractivity contribution in [3.8, 4) is 0 Å². The lowest BCUT2D eigenvalue weighted by Gasteiger charge is -2.38. The molecule has 0 spiro atoms. The van der Waals surface area contributed by atoms with Crippen molar-refractivity contribution in [3.05, 3.63) is 0 Å². The summed E-state index contributed by atoms with van der Waals surface area (Å²) in [4.78, 5) is 0. The molecule has 2 atom stereocenters. The van der Waals surface area contributed by atoms with E-state index in [0.29, 0.717) is 12.1 Å². The highest BCUT2D eigenvalue weighted by Crippen LogP contribution is 2.27. The normalized spacial score (nSPS) is 34.8. The number of rotatable bonds is 3. The molecule has 100 valence electrons. The summed E-state index contributed by atoms with van der Waals surface area (Å²) in [6.07, 6.45) is 7.55. The molecule has 0 amide bonds. The summed E-state index contributed by atoms with van der Waals surface area (Å²) in [7, 11) is 0. The number of ether oxygens (including phenoxy) is 2. The summed E-state index contributed by atoms with van der Waals surface area (Å²) >= 11 is 2.01. The average Bonchev–Trinajstić information content (AvgIpc) is 2.32. The molecule has 2 fully saturated rings. The Hall–Kier alpha value is 0.230. The zero-order valence-corrected chi connectivity index (χ0v) is 12.0. The van der Waals surface area contributed by atoms with E-state index in [1.165, 1.54) is 25.7 Å². The molecular weight excluding hydrogens is 234 g/mol. The van der Waals surface area contributed by atoms with Gasteiger partial charge in [-0.25, -0.2) is 0 Å². The van der Waals surface area contributed by atoms with Crippen LogP contribution in [0.25, 0.3) is 0 Å². The maximum Gasteiger partial charge on any atom is 0.162 e. The summed E-state index contributed by atoms with van der Waals surface area (Å²) < 4.78 is 11.4. The molecule has 0 aromatic carbocycles. The number of nitrogens with one attached hydrogen (secondary N) is 1. The molecule has 3 nitrogen and oxygen atoms in total. The fourth-order valence-electron chi connectivity index (χ4n) is 2.63. The van der Waals surface area contributed by atoms with Gasteiger partial charge in [-0.15, -0.1) is 0 Å². The van der Waals surface area contributed by atoms with Gasteiger partial charge in [0.25, 0.3) is 0 Å². The molecule has 0 aromatic heterocycles. The molecular formula is C13H25NO2S. The van der Waals surface area contributed by atoms with Crippen molar-refractivity contribution in [2.24, 2.45) is 0 Å². The summed E-state index contributed by atoms with van der Waals surface area (Å²) in [5.41, 5.74) is 0. The lowest BCUT2D eigenvalue weighted by molar-refractivity contribution is -0.253. The molecule has 17 heavy (non-hydrogen) atoms. The van der Waals surface area contributed by atoms with Gasteiger partial charge < -0.3 is 14.8 Å². The van der Waals surface area contributed by atoms with Crippen molar-refractivity contribution in [3.63, 3.8) is 0 Å². The van der Waals surface area contributed by atoms with Crippen LogP contribution < -0.4 is 5.32 Å². The molecule has 4 heteroatoms. The van der Waals surface area contributed by atoms with Crippen molar-refractivity contribution in [2.45, 2.75) is 62.7 Å². The highest BCUT2D eigenvalue weighted by atomic mass is 32.2. The molecule has 1 heterocycles. The first kappa shape index (κ1) is 13.7. The number of hydrogen-bond donors (Lipinski definition) is 1. The lowest BCUT2D eigenvalue weighted by Crippen LogP contribution is -2.52. The average molecular weight is 259 g/mol. The largest absolute Gasteiger partial charge is 0.349 e. The third-order valence-corrected chi connectivity index (χ3v) is 4.79. The van der Waals surface area contributed by atoms with Crippen LogP contribution in [0.5, 0.6) is 0 Å². The van der Waals surface area contributed by atoms with Crippen LogP contribution in [0.2, 0.25) is 0 Å². The van der Waals surface area contributed by atoms with Gasteiger partial charge in [-0.1, -0.05) is 6.42 Å². The second kappa shape index (κ2) is 5.91. The quantitative estimate of drug-likeness (QED) is 0.843. The van der Waals surface area contributed by atoms with Gasteiger partial charge in [0.1, 0.15) is 0 Å². The van der Waals surface area contributed by atoms with E-state index in [-0.39, 0.29) is 0 Å². The van der Waals surface area contributed by atoms with E-state index in [1.54, 1.807) is 0 Å². The first-order valence-electron chi connectivity index (χ1n) is 6.66. The van der Waals surface area contributed by atoms with Crippen molar-refractivity contribution in [1.29, 1.82) is 0 Å². The van der Waals surface area contributed by atoms with Crippen molar-refractivity contribution in [1.82, 2.24) is 5.32 Å². The molecule has 1 saturated heterocycles. The monoisotopic (exact) mass is 259 g/mol. The first-order valence-corrected chi connectivity index (χ1v) is 7.94. The van der Waals surface area contributed by atoms with E-state index >= 15 is 0 Å². The maximum atomic E-state index is 5.68. The van der Waals surface area contributed by atoms with Crippen LogP contribution in [0, 0.1) is 0 Å². The predicted molar refractivity (Wildman–Crippen MR) is 72.5 cm³/mol. The minimum atomic E-state index is -0.396. The summed E-state index contributed by atoms with van der Waals surface area (Å²) in [6.45, 7) is 5.50. The van der Waals surface area contributed by atoms with E-state index < -0.39 is 5.79 Å². The fourth-order valence-corrected chi connectivity index (χ4v) is 3.46. The molecule has 2 aliphatic rings. The SMILES string of the molecule is CSC1CCCC(NC2COC(C)(C)OC2)C1. The van der Waals surface area contributed by atoms with E-state index in [1.807, 2.05) is 25.6 Å². The zero-order chi connectivity index (χ0) is 12.3. The topological polar surface area (TPSA) is 30.5 Å². The predicted octanol–water partition coefficient (Wildman–Crippen LogP) is 2.40. The molecule has 1 aliphatic carbocycles. The fraction of sp³-hybridized carbons (Fsp3) is 1.00. The van der Waals surface area contributed by atoms with Crippen LogP contribution in [0.4, 0.5) is 0 Å². The van der Waals surface area contributed by atoms with Crippen LogP contribution in [0.3, 0.4) is 0 Å². The number of hydrogen-bond acceptors (Lipinski definition) is 4. The Bertz CT molecular complexity index is 238. The van der Waals surface area contributed by atoms with Gasteiger partial charge in [-0.05, 0) is 39.4 Å². The van der Waals surface area contributed by atoms with Crippen molar-refractivity contribution >= 4 is 11.8 Å². The van der Waals surface area contributed by atoms with Crippen molar-refractivity contribution in [2.75, 3.05) is 19.5 Å². The smallest absolute Gasteiger partial charge is 0.162 e. The van der Waals surface area contributed by atoms with Crippen LogP contribution in [-0.4, -0.2) is 42.6 Å². The third kappa shape index (κ3) is 4.12. The zero-order valence-electron chi connectivity index (χ0n) is 11.2. The van der Waals surface area contributed by atoms with Gasteiger partial charge in [-0.2, -0.15) is 11.8 Å². The first-order chi connectivity index (χ1) is 8.09. The Labute approximate surface area is 109 Å². The van der Waals surface area contributed by atoms with E-state index in [2.05, 4.69) is 11.6 Å². The Balaban J connectivity index is 1.74. The van der Waals surface area contributed by atoms with Crippen LogP contribution in [-0.2, 0) is 9.47 Å². The maximum absolute atomic E-state index is 5.68. The molecule has 1 aliphatic heterocycles. The minimum Gasteiger partial charge on any atom is -0.349 e. The Morgan fingerprint density at radius 3 is 2.47 bits per heavy atom. The van der Waals surface area contributed by atoms with Crippen LogP contribution in [0.1, 0.15) is 39.5 Å². The van der Waals surface area contributed by atoms with E-state index in [4.69, 9.17) is 9.47 Å². The third-order valence-electron chi connectivity index (χ3n) is 3.70. The van der Waals surface area contributed by atoms with Gasteiger partial charge >= 0.3 is 0 Å². The van der Waals surface area contributed by atoms with Crippen LogP contribution >= 0.6 is 11.8 Å². The Morgan fingerprint density at radius 2 is 1.82 bits per heavy atom. The van der Waals surface area contributed by atoms with E-state index in [0.717, 1.165) is 18.5 Å². The van der Waals surface area contributed by atoms with Gasteiger partial charge in [-0.3, -0.25) is 0 Å². The molecule has 0 aromatic rings. The van der Waals surface area contributed by atoms with Gasteiger partial charge in [0.2, 0.25) is 0 Å². The highest BCUT2D eigenvalue weighted by Gasteiger charge is 2.30. The van der Waals surface area contributed by atoms with E-state index in [9.17, 15) is 0 Å². The molecule has 2 unspecified atom stereocenters. The molecule has 0 bridgehead atoms. The van der Waals surface area contributed by atoms with Gasteiger partial charge in [0, 0.05) is 11.3 Å². The second-order valence-electron chi connectivity index (χ2n) is 5.61. The highest BCUT2D eigenvalue weighted by molar-refractivity contribution is 7.99. The van der Waals surface area contributed by atoms with Crippen LogP contribution in [0.15, 0.2) is 0 Å². The lowest BCUT2D eigenvalue weighted by atomic mass is 9.94. The molecule has 1 saturated carbocycles. The Morgan fingerprint density at radius 1 is 1.12 bits per heavy atom. The molecule has 0 radical (unpaired) electrons. The summed E-state index contributed by atoms with van der Waals surface area (Å²) in [6, 6.07) is 1.02. The standard InChI is InChI=1S/C13H25NO2S/c1-13(2)15-8-11(9-16-13)14-10-5-4-6-12(7-10)17-3/h10-12,14H,4-9H2,1-3H3. The van der Waals surface area contributed by atoms with Gasteiger partial charge in [0.15, 0.2) is 5.79 Å². The molecule has 1 N–H and O–H groups in total. The minimum absolute atomic E-state index is 0.369. The van der Waals surface area contributed by atoms with Gasteiger partial charge in [0.05, 0.1) is 19.3 Å². The number of thioether (sulfide) groups is 1.